The molecule has 0 saturated heterocycles. The Morgan fingerprint density at radius 1 is 1.27 bits per heavy atom. The first kappa shape index (κ1) is 15.3. The van der Waals surface area contributed by atoms with Crippen molar-refractivity contribution in [3.05, 3.63) is 65.5 Å². The van der Waals surface area contributed by atoms with E-state index >= 15 is 0 Å². The third-order valence-electron chi connectivity index (χ3n) is 2.90. The molecule has 0 unspecified atom stereocenters. The van der Waals surface area contributed by atoms with Gasteiger partial charge in [-0.05, 0) is 24.3 Å². The smallest absolute Gasteiger partial charge is 0.266 e. The molecule has 0 aliphatic carbocycles. The Kier molecular flexibility index (Phi) is 4.89. The Morgan fingerprint density at radius 3 is 2.73 bits per heavy atom. The van der Waals surface area contributed by atoms with Crippen molar-refractivity contribution in [2.75, 3.05) is 12.4 Å². The van der Waals surface area contributed by atoms with Crippen LogP contribution >= 0.6 is 0 Å². The van der Waals surface area contributed by atoms with Crippen molar-refractivity contribution in [2.45, 2.75) is 0 Å². The molecule has 0 aromatic heterocycles. The molecule has 110 valence electrons. The first-order chi connectivity index (χ1) is 10.6. The van der Waals surface area contributed by atoms with E-state index < -0.39 is 11.7 Å². The third kappa shape index (κ3) is 3.70. The van der Waals surface area contributed by atoms with E-state index in [2.05, 4.69) is 5.32 Å². The number of nitriles is 1. The summed E-state index contributed by atoms with van der Waals surface area (Å²) in [7, 11) is 1.51. The molecule has 0 aliphatic rings. The summed E-state index contributed by atoms with van der Waals surface area (Å²) in [5, 5.41) is 11.7. The number of ether oxygens (including phenoxy) is 1. The van der Waals surface area contributed by atoms with E-state index in [0.717, 1.165) is 0 Å². The fraction of sp³-hybridized carbons (Fsp3) is 0.0588. The van der Waals surface area contributed by atoms with Gasteiger partial charge >= 0.3 is 0 Å². The average molecular weight is 296 g/mol. The molecule has 0 bridgehead atoms. The average Bonchev–Trinajstić information content (AvgIpc) is 2.54. The molecule has 2 rings (SSSR count). The Hall–Kier alpha value is -3.13. The van der Waals surface area contributed by atoms with Crippen LogP contribution in [-0.2, 0) is 4.79 Å². The van der Waals surface area contributed by atoms with E-state index in [0.29, 0.717) is 11.4 Å². The maximum atomic E-state index is 13.6. The SMILES string of the molecule is COc1cccc(NC(=O)/C(C#N)=C\c2ccccc2F)c1. The molecular weight excluding hydrogens is 283 g/mol. The zero-order valence-electron chi connectivity index (χ0n) is 11.8. The molecule has 2 aromatic rings. The summed E-state index contributed by atoms with van der Waals surface area (Å²) in [6.45, 7) is 0. The molecule has 0 heterocycles. The minimum absolute atomic E-state index is 0.180. The quantitative estimate of drug-likeness (QED) is 0.695. The van der Waals surface area contributed by atoms with Crippen LogP contribution in [0.3, 0.4) is 0 Å². The topological polar surface area (TPSA) is 62.1 Å². The van der Waals surface area contributed by atoms with Gasteiger partial charge in [0.1, 0.15) is 23.2 Å². The Labute approximate surface area is 127 Å². The van der Waals surface area contributed by atoms with Crippen molar-refractivity contribution in [3.8, 4) is 11.8 Å². The van der Waals surface area contributed by atoms with E-state index in [-0.39, 0.29) is 11.1 Å². The van der Waals surface area contributed by atoms with E-state index in [1.54, 1.807) is 36.4 Å². The molecule has 1 amide bonds. The van der Waals surface area contributed by atoms with Gasteiger partial charge in [0.2, 0.25) is 0 Å². The highest BCUT2D eigenvalue weighted by Crippen LogP contribution is 2.18. The van der Waals surface area contributed by atoms with Crippen LogP contribution in [0.1, 0.15) is 5.56 Å². The lowest BCUT2D eigenvalue weighted by molar-refractivity contribution is -0.112. The highest BCUT2D eigenvalue weighted by molar-refractivity contribution is 6.09. The molecule has 0 saturated carbocycles. The van der Waals surface area contributed by atoms with Crippen molar-refractivity contribution < 1.29 is 13.9 Å². The first-order valence-corrected chi connectivity index (χ1v) is 6.46. The van der Waals surface area contributed by atoms with Gasteiger partial charge in [0.05, 0.1) is 7.11 Å². The fourth-order valence-electron chi connectivity index (χ4n) is 1.80. The van der Waals surface area contributed by atoms with Gasteiger partial charge in [-0.2, -0.15) is 5.26 Å². The van der Waals surface area contributed by atoms with Crippen LogP contribution < -0.4 is 10.1 Å². The second kappa shape index (κ2) is 7.04. The molecule has 0 radical (unpaired) electrons. The van der Waals surface area contributed by atoms with Crippen LogP contribution in [0.4, 0.5) is 10.1 Å². The van der Waals surface area contributed by atoms with Crippen molar-refractivity contribution in [1.29, 1.82) is 5.26 Å². The highest BCUT2D eigenvalue weighted by atomic mass is 19.1. The molecule has 0 spiro atoms. The van der Waals surface area contributed by atoms with Gasteiger partial charge in [0.25, 0.3) is 5.91 Å². The predicted molar refractivity (Wildman–Crippen MR) is 81.6 cm³/mol. The standard InChI is InChI=1S/C17H13FN2O2/c1-22-15-7-4-6-14(10-15)20-17(21)13(11-19)9-12-5-2-3-8-16(12)18/h2-10H,1H3,(H,20,21)/b13-9-. The Balaban J connectivity index is 2.23. The molecule has 5 heteroatoms. The summed E-state index contributed by atoms with van der Waals surface area (Å²) in [5.41, 5.74) is 0.479. The molecule has 0 aliphatic heterocycles. The predicted octanol–water partition coefficient (Wildman–Crippen LogP) is 3.38. The van der Waals surface area contributed by atoms with Crippen LogP contribution in [0.2, 0.25) is 0 Å². The van der Waals surface area contributed by atoms with Crippen molar-refractivity contribution in [2.24, 2.45) is 0 Å². The molecule has 0 atom stereocenters. The number of nitrogens with zero attached hydrogens (tertiary/aromatic N) is 1. The second-order valence-corrected chi connectivity index (χ2v) is 4.38. The van der Waals surface area contributed by atoms with Gasteiger partial charge in [-0.25, -0.2) is 4.39 Å². The number of rotatable bonds is 4. The third-order valence-corrected chi connectivity index (χ3v) is 2.90. The zero-order valence-corrected chi connectivity index (χ0v) is 11.8. The minimum Gasteiger partial charge on any atom is -0.497 e. The van der Waals surface area contributed by atoms with Crippen LogP contribution in [-0.4, -0.2) is 13.0 Å². The number of halogens is 1. The number of nitrogens with one attached hydrogen (secondary N) is 1. The summed E-state index contributed by atoms with van der Waals surface area (Å²) in [6.07, 6.45) is 1.21. The first-order valence-electron chi connectivity index (χ1n) is 6.46. The normalized spacial score (nSPS) is 10.7. The largest absolute Gasteiger partial charge is 0.497 e. The maximum Gasteiger partial charge on any atom is 0.266 e. The number of hydrogen-bond acceptors (Lipinski definition) is 3. The van der Waals surface area contributed by atoms with Gasteiger partial charge < -0.3 is 10.1 Å². The van der Waals surface area contributed by atoms with Crippen molar-refractivity contribution in [3.63, 3.8) is 0 Å². The molecule has 22 heavy (non-hydrogen) atoms. The van der Waals surface area contributed by atoms with Crippen molar-refractivity contribution in [1.82, 2.24) is 0 Å². The molecule has 1 N–H and O–H groups in total. The summed E-state index contributed by atoms with van der Waals surface area (Å²) in [5.74, 6) is -0.530. The summed E-state index contributed by atoms with van der Waals surface area (Å²) >= 11 is 0. The van der Waals surface area contributed by atoms with E-state index in [9.17, 15) is 9.18 Å². The van der Waals surface area contributed by atoms with Gasteiger partial charge in [-0.1, -0.05) is 24.3 Å². The lowest BCUT2D eigenvalue weighted by Gasteiger charge is -2.06. The lowest BCUT2D eigenvalue weighted by Crippen LogP contribution is -2.13. The number of anilines is 1. The minimum atomic E-state index is -0.612. The number of carbonyl (C=O) groups excluding carboxylic acids is 1. The number of benzene rings is 2. The Bertz CT molecular complexity index is 763. The van der Waals surface area contributed by atoms with Gasteiger partial charge in [0, 0.05) is 17.3 Å². The summed E-state index contributed by atoms with van der Waals surface area (Å²) in [4.78, 5) is 12.1. The monoisotopic (exact) mass is 296 g/mol. The van der Waals surface area contributed by atoms with Gasteiger partial charge in [0.15, 0.2) is 0 Å². The number of carbonyl (C=O) groups is 1. The summed E-state index contributed by atoms with van der Waals surface area (Å²) < 4.78 is 18.6. The van der Waals surface area contributed by atoms with Gasteiger partial charge in [-0.15, -0.1) is 0 Å². The van der Waals surface area contributed by atoms with Crippen LogP contribution in [0.15, 0.2) is 54.1 Å². The lowest BCUT2D eigenvalue weighted by atomic mass is 10.1. The van der Waals surface area contributed by atoms with Crippen molar-refractivity contribution >= 4 is 17.7 Å². The van der Waals surface area contributed by atoms with Crippen LogP contribution in [0.25, 0.3) is 6.08 Å². The number of hydrogen-bond donors (Lipinski definition) is 1. The second-order valence-electron chi connectivity index (χ2n) is 4.38. The van der Waals surface area contributed by atoms with Crippen LogP contribution in [0, 0.1) is 17.1 Å². The zero-order chi connectivity index (χ0) is 15.9. The van der Waals surface area contributed by atoms with E-state index in [1.807, 2.05) is 0 Å². The molecule has 4 nitrogen and oxygen atoms in total. The van der Waals surface area contributed by atoms with E-state index in [1.165, 1.54) is 31.4 Å². The Morgan fingerprint density at radius 2 is 2.05 bits per heavy atom. The molecule has 0 fully saturated rings. The molecular formula is C17H13FN2O2. The maximum absolute atomic E-state index is 13.6. The van der Waals surface area contributed by atoms with Gasteiger partial charge in [-0.3, -0.25) is 4.79 Å². The highest BCUT2D eigenvalue weighted by Gasteiger charge is 2.11. The number of methoxy groups -OCH3 is 1. The van der Waals surface area contributed by atoms with E-state index in [4.69, 9.17) is 10.00 Å². The fourth-order valence-corrected chi connectivity index (χ4v) is 1.80. The molecule has 2 aromatic carbocycles. The van der Waals surface area contributed by atoms with Crippen LogP contribution in [0.5, 0.6) is 5.75 Å². The summed E-state index contributed by atoms with van der Waals surface area (Å²) in [6, 6.07) is 14.4. The number of amides is 1.